The molecule has 59 heavy (non-hydrogen) atoms. The van der Waals surface area contributed by atoms with Crippen molar-refractivity contribution in [1.29, 1.82) is 0 Å². The van der Waals surface area contributed by atoms with E-state index in [2.05, 4.69) is 26.0 Å². The highest BCUT2D eigenvalue weighted by Gasteiger charge is 2.47. The Hall–Kier alpha value is -1.27. The highest BCUT2D eigenvalue weighted by Crippen LogP contribution is 2.26. The lowest BCUT2D eigenvalue weighted by Gasteiger charge is -2.42. The lowest BCUT2D eigenvalue weighted by atomic mass is 9.98. The van der Waals surface area contributed by atoms with Gasteiger partial charge < -0.3 is 64.2 Å². The molecule has 348 valence electrons. The summed E-state index contributed by atoms with van der Waals surface area (Å²) in [6, 6.07) is 0. The van der Waals surface area contributed by atoms with Gasteiger partial charge in [-0.15, -0.1) is 0 Å². The van der Waals surface area contributed by atoms with Gasteiger partial charge in [-0.05, 0) is 38.5 Å². The summed E-state index contributed by atoms with van der Waals surface area (Å²) in [5.74, 6) is -0.383. The molecular formula is C45H84O14. The van der Waals surface area contributed by atoms with E-state index in [9.17, 15) is 40.5 Å². The van der Waals surface area contributed by atoms with Crippen LogP contribution in [0.5, 0.6) is 0 Å². The Kier molecular flexibility index (Phi) is 31.3. The SMILES string of the molecule is CCCCCCCC/C=C\CCCCCCCCCCOCC(COC1OC(COC2OC(CO)C(O)C(O)C2O)C(O)C(O)C1O)OC(=O)CCCCCCCCC. The number of esters is 1. The van der Waals surface area contributed by atoms with Crippen LogP contribution in [-0.2, 0) is 33.2 Å². The van der Waals surface area contributed by atoms with Gasteiger partial charge >= 0.3 is 5.97 Å². The molecule has 14 nitrogen and oxygen atoms in total. The van der Waals surface area contributed by atoms with Gasteiger partial charge in [0.05, 0.1) is 26.4 Å². The second kappa shape index (κ2) is 34.2. The molecule has 0 radical (unpaired) electrons. The number of hydrogen-bond acceptors (Lipinski definition) is 14. The summed E-state index contributed by atoms with van der Waals surface area (Å²) in [5.41, 5.74) is 0. The lowest BCUT2D eigenvalue weighted by Crippen LogP contribution is -2.61. The standard InChI is InChI=1S/C45H84O14/c1-3-5-7-9-11-12-13-14-15-16-17-18-19-20-21-23-25-27-29-54-31-34(57-37(47)28-26-24-22-10-8-6-4-2)32-55-44-43(53)41(51)39(49)36(59-44)33-56-45-42(52)40(50)38(48)35(30-46)58-45/h14-15,34-36,38-46,48-53H,3-13,16-33H2,1-2H3/b15-14-. The molecule has 0 bridgehead atoms. The Morgan fingerprint density at radius 3 is 1.54 bits per heavy atom. The monoisotopic (exact) mass is 849 g/mol. The molecular weight excluding hydrogens is 764 g/mol. The van der Waals surface area contributed by atoms with E-state index in [1.54, 1.807) is 0 Å². The molecule has 2 heterocycles. The number of hydrogen-bond donors (Lipinski definition) is 7. The summed E-state index contributed by atoms with van der Waals surface area (Å²) in [6.45, 7) is 3.63. The summed E-state index contributed by atoms with van der Waals surface area (Å²) in [6.07, 6.45) is 15.9. The minimum absolute atomic E-state index is 0.0633. The van der Waals surface area contributed by atoms with Crippen LogP contribution in [0.15, 0.2) is 12.2 Å². The summed E-state index contributed by atoms with van der Waals surface area (Å²) < 4.78 is 34.1. The number of unbranched alkanes of at least 4 members (excludes halogenated alkanes) is 20. The quantitative estimate of drug-likeness (QED) is 0.0235. The Morgan fingerprint density at radius 1 is 0.542 bits per heavy atom. The molecule has 0 saturated carbocycles. The van der Waals surface area contributed by atoms with Gasteiger partial charge in [0.15, 0.2) is 12.6 Å². The fraction of sp³-hybridized carbons (Fsp3) is 0.933. The molecule has 0 aromatic carbocycles. The molecule has 2 rings (SSSR count). The number of rotatable bonds is 36. The van der Waals surface area contributed by atoms with Crippen LogP contribution in [-0.4, -0.2) is 142 Å². The maximum atomic E-state index is 12.8. The molecule has 0 aliphatic carbocycles. The Morgan fingerprint density at radius 2 is 1.00 bits per heavy atom. The number of ether oxygens (including phenoxy) is 6. The van der Waals surface area contributed by atoms with Crippen LogP contribution >= 0.6 is 0 Å². The summed E-state index contributed by atoms with van der Waals surface area (Å²) in [4.78, 5) is 12.8. The second-order valence-electron chi connectivity index (χ2n) is 16.6. The molecule has 14 heteroatoms. The molecule has 0 spiro atoms. The zero-order valence-electron chi connectivity index (χ0n) is 36.5. The normalized spacial score (nSPS) is 28.0. The average Bonchev–Trinajstić information content (AvgIpc) is 3.23. The van der Waals surface area contributed by atoms with Gasteiger partial charge in [-0.25, -0.2) is 0 Å². The maximum absolute atomic E-state index is 12.8. The van der Waals surface area contributed by atoms with Crippen molar-refractivity contribution in [2.24, 2.45) is 0 Å². The zero-order chi connectivity index (χ0) is 43.1. The van der Waals surface area contributed by atoms with Gasteiger partial charge in [-0.3, -0.25) is 4.79 Å². The van der Waals surface area contributed by atoms with E-state index in [1.807, 2.05) is 0 Å². The minimum Gasteiger partial charge on any atom is -0.457 e. The molecule has 2 aliphatic heterocycles. The molecule has 0 aromatic rings. The molecule has 2 fully saturated rings. The Balaban J connectivity index is 1.75. The highest BCUT2D eigenvalue weighted by molar-refractivity contribution is 5.69. The lowest BCUT2D eigenvalue weighted by molar-refractivity contribution is -0.332. The van der Waals surface area contributed by atoms with Crippen LogP contribution in [0.1, 0.15) is 168 Å². The third kappa shape index (κ3) is 23.1. The topological polar surface area (TPSA) is 214 Å². The molecule has 2 aliphatic rings. The Labute approximate surface area is 354 Å². The maximum Gasteiger partial charge on any atom is 0.306 e. The first kappa shape index (κ1) is 53.9. The molecule has 2 saturated heterocycles. The van der Waals surface area contributed by atoms with E-state index in [1.165, 1.54) is 103 Å². The van der Waals surface area contributed by atoms with Crippen LogP contribution in [0.25, 0.3) is 0 Å². The fourth-order valence-corrected chi connectivity index (χ4v) is 7.40. The molecule has 11 unspecified atom stereocenters. The van der Waals surface area contributed by atoms with Crippen molar-refractivity contribution in [2.45, 2.75) is 235 Å². The average molecular weight is 849 g/mol. The van der Waals surface area contributed by atoms with E-state index in [0.717, 1.165) is 38.5 Å². The first-order valence-electron chi connectivity index (χ1n) is 23.3. The number of aliphatic hydroxyl groups excluding tert-OH is 7. The van der Waals surface area contributed by atoms with Gasteiger partial charge in [-0.2, -0.15) is 0 Å². The van der Waals surface area contributed by atoms with Crippen LogP contribution in [0.4, 0.5) is 0 Å². The smallest absolute Gasteiger partial charge is 0.306 e. The van der Waals surface area contributed by atoms with Crippen LogP contribution in [0, 0.1) is 0 Å². The largest absolute Gasteiger partial charge is 0.457 e. The number of carbonyl (C=O) groups excluding carboxylic acids is 1. The van der Waals surface area contributed by atoms with Gasteiger partial charge in [0.2, 0.25) is 0 Å². The van der Waals surface area contributed by atoms with E-state index in [4.69, 9.17) is 28.4 Å². The predicted molar refractivity (Wildman–Crippen MR) is 224 cm³/mol. The highest BCUT2D eigenvalue weighted by atomic mass is 16.7. The van der Waals surface area contributed by atoms with Crippen LogP contribution in [0.2, 0.25) is 0 Å². The third-order valence-electron chi connectivity index (χ3n) is 11.3. The first-order valence-corrected chi connectivity index (χ1v) is 23.3. The molecule has 7 N–H and O–H groups in total. The first-order chi connectivity index (χ1) is 28.6. The second-order valence-corrected chi connectivity index (χ2v) is 16.6. The van der Waals surface area contributed by atoms with E-state index in [-0.39, 0.29) is 25.6 Å². The Bertz CT molecular complexity index is 1030. The van der Waals surface area contributed by atoms with Crippen LogP contribution in [0.3, 0.4) is 0 Å². The van der Waals surface area contributed by atoms with E-state index >= 15 is 0 Å². The van der Waals surface area contributed by atoms with Crippen molar-refractivity contribution >= 4 is 5.97 Å². The molecule has 11 atom stereocenters. The zero-order valence-corrected chi connectivity index (χ0v) is 36.5. The van der Waals surface area contributed by atoms with Crippen molar-refractivity contribution in [2.75, 3.05) is 33.0 Å². The minimum atomic E-state index is -1.70. The van der Waals surface area contributed by atoms with Gasteiger partial charge in [0.1, 0.15) is 54.9 Å². The van der Waals surface area contributed by atoms with Crippen molar-refractivity contribution in [3.63, 3.8) is 0 Å². The third-order valence-corrected chi connectivity index (χ3v) is 11.3. The van der Waals surface area contributed by atoms with Crippen LogP contribution < -0.4 is 0 Å². The van der Waals surface area contributed by atoms with Crippen molar-refractivity contribution in [3.05, 3.63) is 12.2 Å². The van der Waals surface area contributed by atoms with Gasteiger partial charge in [-0.1, -0.05) is 135 Å². The van der Waals surface area contributed by atoms with E-state index in [0.29, 0.717) is 13.0 Å². The van der Waals surface area contributed by atoms with Gasteiger partial charge in [0, 0.05) is 13.0 Å². The van der Waals surface area contributed by atoms with Crippen molar-refractivity contribution < 1.29 is 69.0 Å². The summed E-state index contributed by atoms with van der Waals surface area (Å²) in [7, 11) is 0. The molecule has 0 amide bonds. The van der Waals surface area contributed by atoms with Crippen molar-refractivity contribution in [1.82, 2.24) is 0 Å². The summed E-state index contributed by atoms with van der Waals surface area (Å²) >= 11 is 0. The number of carbonyl (C=O) groups is 1. The fourth-order valence-electron chi connectivity index (χ4n) is 7.40. The summed E-state index contributed by atoms with van der Waals surface area (Å²) in [5, 5.41) is 71.8. The predicted octanol–water partition coefficient (Wildman–Crippen LogP) is 5.51. The number of allylic oxidation sites excluding steroid dienone is 2. The number of aliphatic hydroxyl groups is 7. The van der Waals surface area contributed by atoms with Gasteiger partial charge in [0.25, 0.3) is 0 Å². The van der Waals surface area contributed by atoms with Crippen molar-refractivity contribution in [3.8, 4) is 0 Å². The van der Waals surface area contributed by atoms with E-state index < -0.39 is 80.7 Å². The molecule has 0 aromatic heterocycles.